The molecule has 1 aliphatic rings. The molecule has 150 valence electrons. The Kier molecular flexibility index (Phi) is 5.34. The first-order valence-corrected chi connectivity index (χ1v) is 9.47. The van der Waals surface area contributed by atoms with Crippen LogP contribution in [0.2, 0.25) is 15.1 Å². The lowest BCUT2D eigenvalue weighted by atomic mass is 10.1. The van der Waals surface area contributed by atoms with Gasteiger partial charge in [-0.05, 0) is 36.4 Å². The van der Waals surface area contributed by atoms with Gasteiger partial charge in [-0.2, -0.15) is 0 Å². The van der Waals surface area contributed by atoms with Crippen molar-refractivity contribution in [2.24, 2.45) is 4.99 Å². The van der Waals surface area contributed by atoms with Crippen LogP contribution >= 0.6 is 34.8 Å². The van der Waals surface area contributed by atoms with Gasteiger partial charge in [-0.25, -0.2) is 9.79 Å². The number of nitrogens with zero attached hydrogens (tertiary/aromatic N) is 2. The lowest BCUT2D eigenvalue weighted by molar-refractivity contribution is -0.384. The van der Waals surface area contributed by atoms with E-state index in [0.717, 1.165) is 0 Å². The molecule has 0 saturated heterocycles. The number of halogens is 3. The van der Waals surface area contributed by atoms with Crippen LogP contribution in [0, 0.1) is 10.1 Å². The number of esters is 1. The number of aliphatic imine (C=N–C) groups is 1. The largest absolute Gasteiger partial charge is 0.457 e. The van der Waals surface area contributed by atoms with Crippen LogP contribution in [-0.4, -0.2) is 16.8 Å². The van der Waals surface area contributed by atoms with Crippen molar-refractivity contribution in [2.45, 2.75) is 0 Å². The van der Waals surface area contributed by atoms with E-state index < -0.39 is 10.9 Å². The van der Waals surface area contributed by atoms with Gasteiger partial charge < -0.3 is 9.15 Å². The van der Waals surface area contributed by atoms with Crippen molar-refractivity contribution in [2.75, 3.05) is 0 Å². The van der Waals surface area contributed by atoms with Gasteiger partial charge in [0.2, 0.25) is 5.90 Å². The van der Waals surface area contributed by atoms with Crippen LogP contribution in [-0.2, 0) is 9.53 Å². The maximum Gasteiger partial charge on any atom is 0.363 e. The molecule has 2 heterocycles. The fourth-order valence-corrected chi connectivity index (χ4v) is 3.47. The van der Waals surface area contributed by atoms with Gasteiger partial charge in [-0.1, -0.05) is 34.8 Å². The summed E-state index contributed by atoms with van der Waals surface area (Å²) in [6.07, 6.45) is 1.40. The molecule has 0 saturated carbocycles. The summed E-state index contributed by atoms with van der Waals surface area (Å²) in [7, 11) is 0. The molecule has 0 radical (unpaired) electrons. The molecule has 0 bridgehead atoms. The lowest BCUT2D eigenvalue weighted by Crippen LogP contribution is -2.05. The summed E-state index contributed by atoms with van der Waals surface area (Å²) in [5.41, 5.74) is 0.787. The van der Waals surface area contributed by atoms with Crippen molar-refractivity contribution >= 4 is 58.4 Å². The second kappa shape index (κ2) is 7.95. The third-order valence-corrected chi connectivity index (χ3v) is 4.98. The highest BCUT2D eigenvalue weighted by atomic mass is 35.5. The van der Waals surface area contributed by atoms with Crippen LogP contribution in [0.15, 0.2) is 63.6 Å². The molecule has 30 heavy (non-hydrogen) atoms. The second-order valence-electron chi connectivity index (χ2n) is 6.08. The zero-order chi connectivity index (χ0) is 21.4. The van der Waals surface area contributed by atoms with Crippen LogP contribution in [0.4, 0.5) is 5.69 Å². The molecule has 0 atom stereocenters. The Balaban J connectivity index is 1.63. The van der Waals surface area contributed by atoms with E-state index >= 15 is 0 Å². The fraction of sp³-hybridized carbons (Fsp3) is 0. The van der Waals surface area contributed by atoms with Crippen LogP contribution in [0.5, 0.6) is 0 Å². The Labute approximate surface area is 184 Å². The Morgan fingerprint density at radius 2 is 1.70 bits per heavy atom. The first-order chi connectivity index (χ1) is 14.3. The minimum atomic E-state index is -0.665. The molecule has 2 aromatic carbocycles. The lowest BCUT2D eigenvalue weighted by Gasteiger charge is -2.02. The van der Waals surface area contributed by atoms with E-state index in [1.807, 2.05) is 0 Å². The van der Waals surface area contributed by atoms with Crippen molar-refractivity contribution in [3.63, 3.8) is 0 Å². The highest BCUT2D eigenvalue weighted by Crippen LogP contribution is 2.33. The van der Waals surface area contributed by atoms with E-state index in [4.69, 9.17) is 44.0 Å². The summed E-state index contributed by atoms with van der Waals surface area (Å²) in [5.74, 6) is 0.0806. The maximum atomic E-state index is 12.2. The Bertz CT molecular complexity index is 1260. The Hall–Kier alpha value is -3.13. The minimum Gasteiger partial charge on any atom is -0.457 e. The molecule has 0 N–H and O–H groups in total. The number of non-ortho nitro benzene ring substituents is 1. The zero-order valence-corrected chi connectivity index (χ0v) is 17.0. The number of furan rings is 1. The van der Waals surface area contributed by atoms with Crippen LogP contribution in [0.1, 0.15) is 11.3 Å². The van der Waals surface area contributed by atoms with E-state index in [2.05, 4.69) is 4.99 Å². The van der Waals surface area contributed by atoms with Crippen molar-refractivity contribution < 1.29 is 18.9 Å². The van der Waals surface area contributed by atoms with E-state index in [-0.39, 0.29) is 22.3 Å². The smallest absolute Gasteiger partial charge is 0.363 e. The monoisotopic (exact) mass is 462 g/mol. The van der Waals surface area contributed by atoms with Gasteiger partial charge in [-0.3, -0.25) is 10.1 Å². The molecule has 0 fully saturated rings. The van der Waals surface area contributed by atoms with Gasteiger partial charge in [0.25, 0.3) is 5.69 Å². The summed E-state index contributed by atoms with van der Waals surface area (Å²) in [6, 6.07) is 12.0. The minimum absolute atomic E-state index is 0.0201. The number of rotatable bonds is 4. The molecule has 4 rings (SSSR count). The number of carbonyl (C=O) groups excluding carboxylic acids is 1. The maximum absolute atomic E-state index is 12.2. The van der Waals surface area contributed by atoms with Crippen LogP contribution in [0.25, 0.3) is 17.4 Å². The number of cyclic esters (lactones) is 1. The third kappa shape index (κ3) is 3.95. The molecule has 0 aliphatic carbocycles. The Morgan fingerprint density at radius 1 is 0.967 bits per heavy atom. The van der Waals surface area contributed by atoms with Gasteiger partial charge in [0.15, 0.2) is 5.70 Å². The molecule has 0 spiro atoms. The molecular formula is C20H9Cl3N2O5. The van der Waals surface area contributed by atoms with Crippen molar-refractivity contribution in [3.8, 4) is 11.3 Å². The number of benzene rings is 2. The van der Waals surface area contributed by atoms with Gasteiger partial charge in [0.05, 0.1) is 20.5 Å². The van der Waals surface area contributed by atoms with E-state index in [0.29, 0.717) is 32.7 Å². The number of nitro benzene ring substituents is 1. The third-order valence-electron chi connectivity index (χ3n) is 4.12. The van der Waals surface area contributed by atoms with E-state index in [1.54, 1.807) is 24.3 Å². The highest BCUT2D eigenvalue weighted by molar-refractivity contribution is 6.37. The molecule has 0 amide bonds. The normalized spacial score (nSPS) is 14.7. The van der Waals surface area contributed by atoms with Crippen molar-refractivity contribution in [1.82, 2.24) is 0 Å². The number of ether oxygens (including phenoxy) is 1. The summed E-state index contributed by atoms with van der Waals surface area (Å²) in [4.78, 5) is 26.6. The zero-order valence-electron chi connectivity index (χ0n) is 14.8. The molecule has 0 unspecified atom stereocenters. The van der Waals surface area contributed by atoms with E-state index in [1.165, 1.54) is 30.3 Å². The van der Waals surface area contributed by atoms with E-state index in [9.17, 15) is 14.9 Å². The summed E-state index contributed by atoms with van der Waals surface area (Å²) in [6.45, 7) is 0. The average Bonchev–Trinajstić information content (AvgIpc) is 3.29. The molecule has 10 heteroatoms. The predicted octanol–water partition coefficient (Wildman–Crippen LogP) is 6.16. The summed E-state index contributed by atoms with van der Waals surface area (Å²) in [5, 5.41) is 11.7. The Morgan fingerprint density at radius 3 is 2.40 bits per heavy atom. The van der Waals surface area contributed by atoms with Gasteiger partial charge in [-0.15, -0.1) is 0 Å². The van der Waals surface area contributed by atoms with Gasteiger partial charge in [0, 0.05) is 28.8 Å². The van der Waals surface area contributed by atoms with Crippen LogP contribution < -0.4 is 0 Å². The molecule has 3 aromatic rings. The summed E-state index contributed by atoms with van der Waals surface area (Å²) >= 11 is 18.1. The highest BCUT2D eigenvalue weighted by Gasteiger charge is 2.26. The predicted molar refractivity (Wildman–Crippen MR) is 113 cm³/mol. The van der Waals surface area contributed by atoms with Gasteiger partial charge >= 0.3 is 5.97 Å². The molecule has 1 aromatic heterocycles. The second-order valence-corrected chi connectivity index (χ2v) is 7.33. The fourth-order valence-electron chi connectivity index (χ4n) is 2.71. The summed E-state index contributed by atoms with van der Waals surface area (Å²) < 4.78 is 10.9. The first kappa shape index (κ1) is 20.2. The molecule has 1 aliphatic heterocycles. The molecular weight excluding hydrogens is 455 g/mol. The standard InChI is InChI=1S/C20H9Cl3N2O5/c21-10-1-4-14(15(22)7-10)19-24-17(20(26)30-19)9-12-3-6-18(29-12)13-5-2-11(25(27)28)8-16(13)23/h1-9H/b17-9-. The first-order valence-electron chi connectivity index (χ1n) is 8.34. The quantitative estimate of drug-likeness (QED) is 0.200. The number of nitro groups is 1. The topological polar surface area (TPSA) is 94.9 Å². The molecule has 7 nitrogen and oxygen atoms in total. The number of carbonyl (C=O) groups is 1. The number of hydrogen-bond donors (Lipinski definition) is 0. The SMILES string of the molecule is O=C1OC(c2ccc(Cl)cc2Cl)=N/C1=C\c1ccc(-c2ccc([N+](=O)[O-])cc2Cl)o1. The van der Waals surface area contributed by atoms with Crippen molar-refractivity contribution in [3.05, 3.63) is 90.7 Å². The van der Waals surface area contributed by atoms with Gasteiger partial charge in [0.1, 0.15) is 11.5 Å². The average molecular weight is 464 g/mol. The number of hydrogen-bond acceptors (Lipinski definition) is 6. The van der Waals surface area contributed by atoms with Crippen molar-refractivity contribution in [1.29, 1.82) is 0 Å². The van der Waals surface area contributed by atoms with Crippen LogP contribution in [0.3, 0.4) is 0 Å².